The van der Waals surface area contributed by atoms with E-state index in [2.05, 4.69) is 4.98 Å². The van der Waals surface area contributed by atoms with Gasteiger partial charge in [-0.3, -0.25) is 15.1 Å². The van der Waals surface area contributed by atoms with E-state index in [4.69, 9.17) is 5.73 Å². The Balaban J connectivity index is 3.28. The number of rotatable bonds is 3. The molecule has 0 radical (unpaired) electrons. The molecule has 0 aliphatic rings. The van der Waals surface area contributed by atoms with Gasteiger partial charge in [0.2, 0.25) is 0 Å². The lowest BCUT2D eigenvalue weighted by molar-refractivity contribution is -0.386. The molecule has 5 heteroatoms. The van der Waals surface area contributed by atoms with E-state index in [-0.39, 0.29) is 11.7 Å². The van der Waals surface area contributed by atoms with Crippen LogP contribution >= 0.6 is 0 Å². The van der Waals surface area contributed by atoms with Crippen LogP contribution in [0.25, 0.3) is 0 Å². The highest BCUT2D eigenvalue weighted by molar-refractivity contribution is 5.44. The molecule has 5 nitrogen and oxygen atoms in total. The lowest BCUT2D eigenvalue weighted by Crippen LogP contribution is -2.13. The van der Waals surface area contributed by atoms with Crippen molar-refractivity contribution >= 4 is 5.69 Å². The number of hydrogen-bond acceptors (Lipinski definition) is 4. The summed E-state index contributed by atoms with van der Waals surface area (Å²) < 4.78 is 0. The lowest BCUT2D eigenvalue weighted by atomic mass is 10.1. The molecule has 1 atom stereocenters. The number of nitro groups is 1. The van der Waals surface area contributed by atoms with Crippen molar-refractivity contribution in [2.75, 3.05) is 0 Å². The second-order valence-corrected chi connectivity index (χ2v) is 3.13. The van der Waals surface area contributed by atoms with Gasteiger partial charge in [0.25, 0.3) is 5.69 Å². The highest BCUT2D eigenvalue weighted by Crippen LogP contribution is 2.26. The van der Waals surface area contributed by atoms with Gasteiger partial charge in [-0.05, 0) is 19.4 Å². The van der Waals surface area contributed by atoms with Gasteiger partial charge < -0.3 is 5.73 Å². The van der Waals surface area contributed by atoms with Crippen LogP contribution < -0.4 is 5.73 Å². The topological polar surface area (TPSA) is 82.0 Å². The zero-order valence-corrected chi connectivity index (χ0v) is 8.23. The highest BCUT2D eigenvalue weighted by Gasteiger charge is 2.21. The third-order valence-corrected chi connectivity index (χ3v) is 2.13. The summed E-state index contributed by atoms with van der Waals surface area (Å²) in [5, 5.41) is 10.8. The molecule has 0 spiro atoms. The summed E-state index contributed by atoms with van der Waals surface area (Å²) in [6.45, 7) is 3.56. The second kappa shape index (κ2) is 4.15. The summed E-state index contributed by atoms with van der Waals surface area (Å²) in [6, 6.07) is 1.25. The van der Waals surface area contributed by atoms with Crippen molar-refractivity contribution in [2.24, 2.45) is 5.73 Å². The number of aromatic nitrogens is 1. The molecule has 0 unspecified atom stereocenters. The van der Waals surface area contributed by atoms with E-state index >= 15 is 0 Å². The van der Waals surface area contributed by atoms with Crippen LogP contribution in [0.5, 0.6) is 0 Å². The molecule has 1 aromatic rings. The smallest absolute Gasteiger partial charge is 0.295 e. The first-order valence-electron chi connectivity index (χ1n) is 4.43. The molecule has 0 aliphatic heterocycles. The number of nitrogens with zero attached hydrogens (tertiary/aromatic N) is 2. The van der Waals surface area contributed by atoms with Crippen molar-refractivity contribution in [3.05, 3.63) is 33.6 Å². The molecule has 0 saturated heterocycles. The zero-order valence-electron chi connectivity index (χ0n) is 8.23. The summed E-state index contributed by atoms with van der Waals surface area (Å²) in [7, 11) is 0. The molecule has 1 rings (SSSR count). The van der Waals surface area contributed by atoms with Gasteiger partial charge in [-0.15, -0.1) is 0 Å². The van der Waals surface area contributed by atoms with Crippen molar-refractivity contribution in [1.29, 1.82) is 0 Å². The average Bonchev–Trinajstić information content (AvgIpc) is 2.15. The maximum atomic E-state index is 10.8. The van der Waals surface area contributed by atoms with Crippen LogP contribution in [0.1, 0.15) is 30.6 Å². The Morgan fingerprint density at radius 1 is 1.71 bits per heavy atom. The van der Waals surface area contributed by atoms with Crippen LogP contribution in [0.2, 0.25) is 0 Å². The molecule has 2 N–H and O–H groups in total. The molecule has 0 bridgehead atoms. The van der Waals surface area contributed by atoms with Gasteiger partial charge in [0.05, 0.1) is 11.0 Å². The third-order valence-electron chi connectivity index (χ3n) is 2.13. The van der Waals surface area contributed by atoms with E-state index in [9.17, 15) is 10.1 Å². The first-order chi connectivity index (χ1) is 6.57. The molecular weight excluding hydrogens is 182 g/mol. The Hall–Kier alpha value is -1.49. The van der Waals surface area contributed by atoms with E-state index in [1.807, 2.05) is 6.92 Å². The quantitative estimate of drug-likeness (QED) is 0.588. The molecular formula is C9H13N3O2. The minimum atomic E-state index is -0.423. The van der Waals surface area contributed by atoms with Gasteiger partial charge in [-0.25, -0.2) is 0 Å². The number of nitrogens with two attached hydrogens (primary N) is 1. The molecule has 14 heavy (non-hydrogen) atoms. The summed E-state index contributed by atoms with van der Waals surface area (Å²) in [6.07, 6.45) is 2.18. The summed E-state index contributed by atoms with van der Waals surface area (Å²) in [4.78, 5) is 14.3. The molecule has 1 heterocycles. The van der Waals surface area contributed by atoms with Crippen molar-refractivity contribution in [2.45, 2.75) is 26.3 Å². The largest absolute Gasteiger partial charge is 0.322 e. The molecule has 76 valence electrons. The summed E-state index contributed by atoms with van der Waals surface area (Å²) in [5.74, 6) is 0. The van der Waals surface area contributed by atoms with Crippen LogP contribution in [0.15, 0.2) is 12.3 Å². The Bertz CT molecular complexity index is 352. The van der Waals surface area contributed by atoms with E-state index in [1.165, 1.54) is 0 Å². The van der Waals surface area contributed by atoms with E-state index in [1.54, 1.807) is 19.2 Å². The second-order valence-electron chi connectivity index (χ2n) is 3.13. The Morgan fingerprint density at radius 2 is 2.36 bits per heavy atom. The van der Waals surface area contributed by atoms with Crippen molar-refractivity contribution in [3.63, 3.8) is 0 Å². The number of hydrogen-bond donors (Lipinski definition) is 1. The molecule has 0 saturated carbocycles. The molecule has 1 aromatic heterocycles. The maximum absolute atomic E-state index is 10.8. The van der Waals surface area contributed by atoms with Crippen LogP contribution in [0, 0.1) is 17.0 Å². The van der Waals surface area contributed by atoms with Gasteiger partial charge in [0, 0.05) is 11.8 Å². The van der Waals surface area contributed by atoms with Gasteiger partial charge in [-0.2, -0.15) is 0 Å². The molecule has 0 aliphatic carbocycles. The fourth-order valence-electron chi connectivity index (χ4n) is 1.27. The van der Waals surface area contributed by atoms with Crippen LogP contribution in [-0.2, 0) is 0 Å². The Kier molecular flexibility index (Phi) is 3.14. The monoisotopic (exact) mass is 195 g/mol. The average molecular weight is 195 g/mol. The Morgan fingerprint density at radius 3 is 2.86 bits per heavy atom. The molecule has 0 aromatic carbocycles. The molecule has 0 fully saturated rings. The van der Waals surface area contributed by atoms with Gasteiger partial charge >= 0.3 is 0 Å². The van der Waals surface area contributed by atoms with E-state index in [0.717, 1.165) is 0 Å². The maximum Gasteiger partial charge on any atom is 0.295 e. The highest BCUT2D eigenvalue weighted by atomic mass is 16.6. The first-order valence-corrected chi connectivity index (χ1v) is 4.43. The lowest BCUT2D eigenvalue weighted by Gasteiger charge is -2.09. The SMILES string of the molecule is CC[C@@H](N)c1nccc(C)c1[N+](=O)[O-]. The van der Waals surface area contributed by atoms with Crippen LogP contribution in [0.3, 0.4) is 0 Å². The molecule has 0 amide bonds. The number of aryl methyl sites for hydroxylation is 1. The van der Waals surface area contributed by atoms with Crippen LogP contribution in [0.4, 0.5) is 5.69 Å². The van der Waals surface area contributed by atoms with Crippen LogP contribution in [-0.4, -0.2) is 9.91 Å². The standard InChI is InChI=1S/C9H13N3O2/c1-3-7(10)8-9(12(13)14)6(2)4-5-11-8/h4-5,7H,3,10H2,1-2H3/t7-/m1/s1. The fraction of sp³-hybridized carbons (Fsp3) is 0.444. The predicted octanol–water partition coefficient (Wildman–Crippen LogP) is 1.71. The summed E-state index contributed by atoms with van der Waals surface area (Å²) >= 11 is 0. The van der Waals surface area contributed by atoms with E-state index < -0.39 is 4.92 Å². The summed E-state index contributed by atoms with van der Waals surface area (Å²) in [5.41, 5.74) is 6.75. The minimum absolute atomic E-state index is 0.0434. The number of pyridine rings is 1. The normalized spacial score (nSPS) is 12.5. The Labute approximate surface area is 82.1 Å². The van der Waals surface area contributed by atoms with E-state index in [0.29, 0.717) is 17.7 Å². The zero-order chi connectivity index (χ0) is 10.7. The third kappa shape index (κ3) is 1.88. The van der Waals surface area contributed by atoms with Gasteiger partial charge in [0.15, 0.2) is 0 Å². The van der Waals surface area contributed by atoms with Crippen molar-refractivity contribution < 1.29 is 4.92 Å². The fourth-order valence-corrected chi connectivity index (χ4v) is 1.27. The van der Waals surface area contributed by atoms with Gasteiger partial charge in [0.1, 0.15) is 5.69 Å². The van der Waals surface area contributed by atoms with Gasteiger partial charge in [-0.1, -0.05) is 6.92 Å². The van der Waals surface area contributed by atoms with Crippen molar-refractivity contribution in [3.8, 4) is 0 Å². The minimum Gasteiger partial charge on any atom is -0.322 e. The van der Waals surface area contributed by atoms with Crippen molar-refractivity contribution in [1.82, 2.24) is 4.98 Å². The predicted molar refractivity (Wildman–Crippen MR) is 52.8 cm³/mol. The first kappa shape index (κ1) is 10.6.